The largest absolute Gasteiger partial charge is 0.496 e. The van der Waals surface area contributed by atoms with Crippen molar-refractivity contribution in [2.75, 3.05) is 7.11 Å². The average Bonchev–Trinajstić information content (AvgIpc) is 2.44. The van der Waals surface area contributed by atoms with Crippen LogP contribution in [0.4, 0.5) is 4.39 Å². The molecule has 0 aliphatic rings. The van der Waals surface area contributed by atoms with E-state index in [0.29, 0.717) is 11.3 Å². The number of methoxy groups -OCH3 is 1. The van der Waals surface area contributed by atoms with Crippen LogP contribution in [0.15, 0.2) is 42.5 Å². The van der Waals surface area contributed by atoms with Gasteiger partial charge in [-0.15, -0.1) is 0 Å². The van der Waals surface area contributed by atoms with Gasteiger partial charge in [-0.3, -0.25) is 0 Å². The van der Waals surface area contributed by atoms with Crippen LogP contribution in [0.1, 0.15) is 15.9 Å². The Balaban J connectivity index is 2.12. The quantitative estimate of drug-likeness (QED) is 0.911. The minimum absolute atomic E-state index is 0.0607. The molecule has 0 saturated heterocycles. The van der Waals surface area contributed by atoms with Gasteiger partial charge in [-0.25, -0.2) is 9.18 Å². The van der Waals surface area contributed by atoms with Crippen molar-refractivity contribution in [2.24, 2.45) is 0 Å². The van der Waals surface area contributed by atoms with Gasteiger partial charge in [-0.2, -0.15) is 0 Å². The van der Waals surface area contributed by atoms with Crippen LogP contribution in [0.5, 0.6) is 11.5 Å². The standard InChI is InChI=1S/C15H13FO4/c1-19-14-8-12(5-6-13(14)15(17)18)20-9-10-3-2-4-11(16)7-10/h2-8H,9H2,1H3,(H,17,18). The molecule has 2 aromatic rings. The minimum Gasteiger partial charge on any atom is -0.496 e. The first kappa shape index (κ1) is 13.9. The zero-order valence-electron chi connectivity index (χ0n) is 10.8. The molecule has 0 aromatic heterocycles. The van der Waals surface area contributed by atoms with E-state index in [4.69, 9.17) is 14.6 Å². The Morgan fingerprint density at radius 3 is 2.70 bits per heavy atom. The van der Waals surface area contributed by atoms with E-state index in [-0.39, 0.29) is 23.7 Å². The molecule has 1 N–H and O–H groups in total. The molecule has 0 atom stereocenters. The third kappa shape index (κ3) is 3.26. The average molecular weight is 276 g/mol. The van der Waals surface area contributed by atoms with Crippen molar-refractivity contribution >= 4 is 5.97 Å². The summed E-state index contributed by atoms with van der Waals surface area (Å²) in [6.45, 7) is 0.188. The van der Waals surface area contributed by atoms with Crippen LogP contribution in [0.3, 0.4) is 0 Å². The highest BCUT2D eigenvalue weighted by atomic mass is 19.1. The summed E-state index contributed by atoms with van der Waals surface area (Å²) in [5.74, 6) is -0.728. The lowest BCUT2D eigenvalue weighted by atomic mass is 10.2. The number of carbonyl (C=O) groups is 1. The number of ether oxygens (including phenoxy) is 2. The molecule has 0 aliphatic carbocycles. The molecule has 0 heterocycles. The van der Waals surface area contributed by atoms with Gasteiger partial charge in [-0.05, 0) is 29.8 Å². The molecule has 104 valence electrons. The molecular formula is C15H13FO4. The van der Waals surface area contributed by atoms with Gasteiger partial charge in [-0.1, -0.05) is 12.1 Å². The lowest BCUT2D eigenvalue weighted by molar-refractivity contribution is 0.0693. The fourth-order valence-corrected chi connectivity index (χ4v) is 1.73. The van der Waals surface area contributed by atoms with Gasteiger partial charge in [0.05, 0.1) is 7.11 Å². The summed E-state index contributed by atoms with van der Waals surface area (Å²) in [6, 6.07) is 10.5. The van der Waals surface area contributed by atoms with Crippen LogP contribution in [-0.2, 0) is 6.61 Å². The summed E-state index contributed by atoms with van der Waals surface area (Å²) in [4.78, 5) is 10.9. The summed E-state index contributed by atoms with van der Waals surface area (Å²) in [5.41, 5.74) is 0.747. The Bertz CT molecular complexity index is 625. The number of hydrogen-bond donors (Lipinski definition) is 1. The van der Waals surface area contributed by atoms with E-state index >= 15 is 0 Å². The van der Waals surface area contributed by atoms with Crippen molar-refractivity contribution in [3.63, 3.8) is 0 Å². The zero-order valence-corrected chi connectivity index (χ0v) is 10.8. The van der Waals surface area contributed by atoms with Gasteiger partial charge in [0.1, 0.15) is 29.5 Å². The zero-order chi connectivity index (χ0) is 14.5. The molecule has 0 fully saturated rings. The highest BCUT2D eigenvalue weighted by Gasteiger charge is 2.11. The normalized spacial score (nSPS) is 10.1. The van der Waals surface area contributed by atoms with Crippen LogP contribution in [0.2, 0.25) is 0 Å². The van der Waals surface area contributed by atoms with E-state index in [1.54, 1.807) is 12.1 Å². The second-order valence-corrected chi connectivity index (χ2v) is 4.09. The maximum atomic E-state index is 13.0. The Kier molecular flexibility index (Phi) is 4.20. The highest BCUT2D eigenvalue weighted by Crippen LogP contribution is 2.25. The van der Waals surface area contributed by atoms with Crippen LogP contribution in [0.25, 0.3) is 0 Å². The van der Waals surface area contributed by atoms with Gasteiger partial charge < -0.3 is 14.6 Å². The lowest BCUT2D eigenvalue weighted by Crippen LogP contribution is -2.02. The van der Waals surface area contributed by atoms with E-state index in [2.05, 4.69) is 0 Å². The van der Waals surface area contributed by atoms with Crippen molar-refractivity contribution < 1.29 is 23.8 Å². The van der Waals surface area contributed by atoms with Gasteiger partial charge >= 0.3 is 5.97 Å². The number of rotatable bonds is 5. The smallest absolute Gasteiger partial charge is 0.339 e. The second-order valence-electron chi connectivity index (χ2n) is 4.09. The second kappa shape index (κ2) is 6.06. The van der Waals surface area contributed by atoms with E-state index in [1.165, 1.54) is 37.4 Å². The molecule has 4 nitrogen and oxygen atoms in total. The molecule has 0 aliphatic heterocycles. The van der Waals surface area contributed by atoms with Crippen molar-refractivity contribution in [1.82, 2.24) is 0 Å². The summed E-state index contributed by atoms with van der Waals surface area (Å²) < 4.78 is 23.5. The Hall–Kier alpha value is -2.56. The molecule has 2 aromatic carbocycles. The Labute approximate surface area is 115 Å². The van der Waals surface area contributed by atoms with Crippen LogP contribution >= 0.6 is 0 Å². The maximum absolute atomic E-state index is 13.0. The number of aromatic carboxylic acids is 1. The first-order valence-corrected chi connectivity index (χ1v) is 5.88. The van der Waals surface area contributed by atoms with Crippen LogP contribution in [-0.4, -0.2) is 18.2 Å². The van der Waals surface area contributed by atoms with Crippen LogP contribution < -0.4 is 9.47 Å². The number of carboxylic acids is 1. The van der Waals surface area contributed by atoms with Crippen molar-refractivity contribution in [1.29, 1.82) is 0 Å². The number of halogens is 1. The fraction of sp³-hybridized carbons (Fsp3) is 0.133. The van der Waals surface area contributed by atoms with Crippen molar-refractivity contribution in [3.05, 3.63) is 59.4 Å². The summed E-state index contributed by atoms with van der Waals surface area (Å²) in [7, 11) is 1.39. The monoisotopic (exact) mass is 276 g/mol. The summed E-state index contributed by atoms with van der Waals surface area (Å²) >= 11 is 0. The number of hydrogen-bond acceptors (Lipinski definition) is 3. The van der Waals surface area contributed by atoms with Gasteiger partial charge in [0.15, 0.2) is 0 Å². The van der Waals surface area contributed by atoms with E-state index in [0.717, 1.165) is 0 Å². The summed E-state index contributed by atoms with van der Waals surface area (Å²) in [6.07, 6.45) is 0. The molecule has 0 saturated carbocycles. The van der Waals surface area contributed by atoms with Gasteiger partial charge in [0, 0.05) is 6.07 Å². The maximum Gasteiger partial charge on any atom is 0.339 e. The SMILES string of the molecule is COc1cc(OCc2cccc(F)c2)ccc1C(=O)O. The first-order chi connectivity index (χ1) is 9.60. The molecule has 0 bridgehead atoms. The molecular weight excluding hydrogens is 263 g/mol. The molecule has 0 unspecified atom stereocenters. The third-order valence-corrected chi connectivity index (χ3v) is 2.70. The number of benzene rings is 2. The van der Waals surface area contributed by atoms with Crippen LogP contribution in [0, 0.1) is 5.82 Å². The van der Waals surface area contributed by atoms with Gasteiger partial charge in [0.2, 0.25) is 0 Å². The Morgan fingerprint density at radius 2 is 2.05 bits per heavy atom. The van der Waals surface area contributed by atoms with Crippen molar-refractivity contribution in [2.45, 2.75) is 6.61 Å². The molecule has 0 spiro atoms. The van der Waals surface area contributed by atoms with E-state index < -0.39 is 5.97 Å². The number of carboxylic acid groups (broad SMARTS) is 1. The topological polar surface area (TPSA) is 55.8 Å². The third-order valence-electron chi connectivity index (χ3n) is 2.70. The highest BCUT2D eigenvalue weighted by molar-refractivity contribution is 5.91. The molecule has 0 radical (unpaired) electrons. The van der Waals surface area contributed by atoms with E-state index in [9.17, 15) is 9.18 Å². The minimum atomic E-state index is -1.07. The van der Waals surface area contributed by atoms with Gasteiger partial charge in [0.25, 0.3) is 0 Å². The molecule has 2 rings (SSSR count). The Morgan fingerprint density at radius 1 is 1.25 bits per heavy atom. The first-order valence-electron chi connectivity index (χ1n) is 5.88. The predicted molar refractivity (Wildman–Crippen MR) is 70.7 cm³/mol. The molecule has 20 heavy (non-hydrogen) atoms. The lowest BCUT2D eigenvalue weighted by Gasteiger charge is -2.10. The summed E-state index contributed by atoms with van der Waals surface area (Å²) in [5, 5.41) is 8.96. The predicted octanol–water partition coefficient (Wildman–Crippen LogP) is 3.11. The van der Waals surface area contributed by atoms with E-state index in [1.807, 2.05) is 0 Å². The molecule has 0 amide bonds. The fourth-order valence-electron chi connectivity index (χ4n) is 1.73. The molecule has 5 heteroatoms. The van der Waals surface area contributed by atoms with Crippen molar-refractivity contribution in [3.8, 4) is 11.5 Å².